The van der Waals surface area contributed by atoms with Crippen LogP contribution in [0.3, 0.4) is 0 Å². The topological polar surface area (TPSA) is 99.1 Å². The molecule has 28 heavy (non-hydrogen) atoms. The summed E-state index contributed by atoms with van der Waals surface area (Å²) in [7, 11) is -1.35. The molecule has 1 heterocycles. The lowest BCUT2D eigenvalue weighted by Gasteiger charge is -2.28. The number of carbonyl (C=O) groups excluding carboxylic acids is 3. The second-order valence-corrected chi connectivity index (χ2v) is 7.71. The second-order valence-electron chi connectivity index (χ2n) is 7.71. The molecule has 0 bridgehead atoms. The van der Waals surface area contributed by atoms with Gasteiger partial charge in [-0.15, -0.1) is 0 Å². The molecule has 1 aromatic rings. The highest BCUT2D eigenvalue weighted by atomic mass is 19.1. The second kappa shape index (κ2) is 8.73. The molecule has 0 radical (unpaired) electrons. The van der Waals surface area contributed by atoms with E-state index in [0.29, 0.717) is 12.0 Å². The number of hydrogen-bond acceptors (Lipinski definition) is 7. The molecule has 0 unspecified atom stereocenters. The molecule has 9 heteroatoms. The van der Waals surface area contributed by atoms with Gasteiger partial charge in [0.15, 0.2) is 0 Å². The fraction of sp³-hybridized carbons (Fsp3) is 0.526. The third-order valence-corrected chi connectivity index (χ3v) is 4.39. The first-order valence-corrected chi connectivity index (χ1v) is 9.06. The van der Waals surface area contributed by atoms with E-state index in [1.54, 1.807) is 27.7 Å². The molecule has 0 amide bonds. The third kappa shape index (κ3) is 5.10. The Labute approximate surface area is 163 Å². The minimum Gasteiger partial charge on any atom is -0.535 e. The Morgan fingerprint density at radius 1 is 1.29 bits per heavy atom. The number of hydrogen-bond donors (Lipinski definition) is 1. The summed E-state index contributed by atoms with van der Waals surface area (Å²) in [4.78, 5) is 35.7. The van der Waals surface area contributed by atoms with Crippen molar-refractivity contribution >= 4 is 24.8 Å². The summed E-state index contributed by atoms with van der Waals surface area (Å²) < 4.78 is 29.3. The predicted molar refractivity (Wildman–Crippen MR) is 98.2 cm³/mol. The van der Waals surface area contributed by atoms with Gasteiger partial charge in [0.05, 0.1) is 5.41 Å². The van der Waals surface area contributed by atoms with Crippen molar-refractivity contribution in [3.05, 3.63) is 29.1 Å². The van der Waals surface area contributed by atoms with Crippen molar-refractivity contribution in [3.8, 4) is 5.75 Å². The maximum atomic E-state index is 14.3. The van der Waals surface area contributed by atoms with Crippen LogP contribution in [0.1, 0.15) is 56.5 Å². The molecule has 0 saturated carbocycles. The van der Waals surface area contributed by atoms with E-state index in [0.717, 1.165) is 6.07 Å². The first-order valence-electron chi connectivity index (χ1n) is 9.06. The summed E-state index contributed by atoms with van der Waals surface area (Å²) in [6.45, 7) is 5.97. The van der Waals surface area contributed by atoms with Gasteiger partial charge in [-0.05, 0) is 38.8 Å². The summed E-state index contributed by atoms with van der Waals surface area (Å²) in [6, 6.07) is 2.53. The summed E-state index contributed by atoms with van der Waals surface area (Å²) in [5.74, 6) is -3.18. The molecule has 1 N–H and O–H groups in total. The number of rotatable bonds is 6. The maximum Gasteiger partial charge on any atom is 0.526 e. The molecular weight excluding hydrogens is 370 g/mol. The van der Waals surface area contributed by atoms with Gasteiger partial charge in [0.25, 0.3) is 0 Å². The van der Waals surface area contributed by atoms with E-state index in [2.05, 4.69) is 0 Å². The number of fused-ring (bicyclic) bond motifs is 1. The number of halogens is 1. The molecule has 2 rings (SSSR count). The number of ketones is 1. The fourth-order valence-corrected chi connectivity index (χ4v) is 2.72. The number of esters is 2. The standard InChI is InChI=1S/C19H24BFO7/c1-5-13(22)9-12-8-11-6-7-14(21)15(16(11)28-20(12)25)17(23)26-10-27-18(24)19(2,3)4/h6-7,12,25H,5,8-10H2,1-4H3/t12-/m1/s1. The molecule has 0 saturated heterocycles. The number of benzene rings is 1. The Morgan fingerprint density at radius 2 is 1.96 bits per heavy atom. The summed E-state index contributed by atoms with van der Waals surface area (Å²) in [6.07, 6.45) is 0.711. The fourth-order valence-electron chi connectivity index (χ4n) is 2.72. The number of carbonyl (C=O) groups is 3. The average molecular weight is 394 g/mol. The Kier molecular flexibility index (Phi) is 6.82. The predicted octanol–water partition coefficient (Wildman–Crippen LogP) is 2.68. The van der Waals surface area contributed by atoms with Crippen LogP contribution in [0.5, 0.6) is 5.75 Å². The Balaban J connectivity index is 2.14. The highest BCUT2D eigenvalue weighted by Crippen LogP contribution is 2.37. The minimum absolute atomic E-state index is 0.0292. The van der Waals surface area contributed by atoms with Gasteiger partial charge in [0, 0.05) is 18.7 Å². The molecule has 7 nitrogen and oxygen atoms in total. The summed E-state index contributed by atoms with van der Waals surface area (Å²) in [5, 5.41) is 10.2. The van der Waals surface area contributed by atoms with Crippen molar-refractivity contribution in [1.82, 2.24) is 0 Å². The Bertz CT molecular complexity index is 772. The van der Waals surface area contributed by atoms with Gasteiger partial charge in [-0.2, -0.15) is 0 Å². The lowest BCUT2D eigenvalue weighted by atomic mass is 9.64. The molecule has 0 aromatic heterocycles. The highest BCUT2D eigenvalue weighted by Gasteiger charge is 2.38. The monoisotopic (exact) mass is 394 g/mol. The minimum atomic E-state index is -1.35. The van der Waals surface area contributed by atoms with Crippen molar-refractivity contribution in [1.29, 1.82) is 0 Å². The van der Waals surface area contributed by atoms with Crippen molar-refractivity contribution in [2.24, 2.45) is 5.41 Å². The largest absolute Gasteiger partial charge is 0.535 e. The van der Waals surface area contributed by atoms with Gasteiger partial charge in [-0.1, -0.05) is 13.0 Å². The van der Waals surface area contributed by atoms with E-state index < -0.39 is 48.5 Å². The quantitative estimate of drug-likeness (QED) is 0.450. The molecule has 1 aromatic carbocycles. The van der Waals surface area contributed by atoms with Crippen LogP contribution in [0.4, 0.5) is 4.39 Å². The smallest absolute Gasteiger partial charge is 0.526 e. The van der Waals surface area contributed by atoms with Crippen LogP contribution in [0.2, 0.25) is 5.82 Å². The Morgan fingerprint density at radius 3 is 2.57 bits per heavy atom. The van der Waals surface area contributed by atoms with E-state index in [9.17, 15) is 23.8 Å². The first kappa shape index (κ1) is 21.9. The molecule has 0 spiro atoms. The van der Waals surface area contributed by atoms with Gasteiger partial charge >= 0.3 is 19.1 Å². The van der Waals surface area contributed by atoms with Crippen LogP contribution in [0.15, 0.2) is 12.1 Å². The van der Waals surface area contributed by atoms with Crippen LogP contribution in [-0.4, -0.2) is 36.7 Å². The molecule has 1 atom stereocenters. The van der Waals surface area contributed by atoms with Crippen LogP contribution in [0.25, 0.3) is 0 Å². The molecule has 1 aliphatic heterocycles. The Hall–Kier alpha value is -2.42. The first-order chi connectivity index (χ1) is 13.0. The van der Waals surface area contributed by atoms with E-state index in [-0.39, 0.29) is 24.4 Å². The van der Waals surface area contributed by atoms with Crippen molar-refractivity contribution in [2.45, 2.75) is 52.8 Å². The number of ether oxygens (including phenoxy) is 2. The zero-order valence-corrected chi connectivity index (χ0v) is 16.4. The van der Waals surface area contributed by atoms with E-state index in [1.807, 2.05) is 0 Å². The molecule has 1 aliphatic rings. The van der Waals surface area contributed by atoms with Gasteiger partial charge in [-0.25, -0.2) is 9.18 Å². The lowest BCUT2D eigenvalue weighted by Crippen LogP contribution is -2.36. The van der Waals surface area contributed by atoms with Gasteiger partial charge < -0.3 is 19.2 Å². The van der Waals surface area contributed by atoms with Crippen molar-refractivity contribution < 1.29 is 37.9 Å². The van der Waals surface area contributed by atoms with Crippen molar-refractivity contribution in [2.75, 3.05) is 6.79 Å². The van der Waals surface area contributed by atoms with E-state index >= 15 is 0 Å². The molecular formula is C19H24BFO7. The molecule has 0 aliphatic carbocycles. The zero-order chi connectivity index (χ0) is 21.1. The number of Topliss-reactive ketones (excluding diaryl/α,β-unsaturated/α-hetero) is 1. The van der Waals surface area contributed by atoms with Gasteiger partial charge in [0.2, 0.25) is 6.79 Å². The normalized spacial score (nSPS) is 16.1. The van der Waals surface area contributed by atoms with Crippen LogP contribution < -0.4 is 4.65 Å². The van der Waals surface area contributed by atoms with Crippen LogP contribution in [-0.2, 0) is 25.5 Å². The summed E-state index contributed by atoms with van der Waals surface area (Å²) in [5.41, 5.74) is -0.773. The van der Waals surface area contributed by atoms with Crippen molar-refractivity contribution in [3.63, 3.8) is 0 Å². The third-order valence-electron chi connectivity index (χ3n) is 4.39. The highest BCUT2D eigenvalue weighted by molar-refractivity contribution is 6.47. The van der Waals surface area contributed by atoms with Crippen LogP contribution >= 0.6 is 0 Å². The summed E-state index contributed by atoms with van der Waals surface area (Å²) >= 11 is 0. The van der Waals surface area contributed by atoms with E-state index in [1.165, 1.54) is 6.07 Å². The lowest BCUT2D eigenvalue weighted by molar-refractivity contribution is -0.161. The molecule has 152 valence electrons. The molecule has 0 fully saturated rings. The zero-order valence-electron chi connectivity index (χ0n) is 16.4. The van der Waals surface area contributed by atoms with Gasteiger partial charge in [-0.3, -0.25) is 9.59 Å². The maximum absolute atomic E-state index is 14.3. The van der Waals surface area contributed by atoms with Gasteiger partial charge in [0.1, 0.15) is 22.9 Å². The van der Waals surface area contributed by atoms with E-state index in [4.69, 9.17) is 14.1 Å². The average Bonchev–Trinajstić information content (AvgIpc) is 2.61. The SMILES string of the molecule is CCC(=O)C[C@H]1Cc2ccc(F)c(C(=O)OCOC(=O)C(C)(C)C)c2OB1O. The van der Waals surface area contributed by atoms with Crippen LogP contribution in [0, 0.1) is 11.2 Å².